The molecule has 0 spiro atoms. The van der Waals surface area contributed by atoms with Crippen molar-refractivity contribution in [2.45, 2.75) is 31.8 Å². The second-order valence-electron chi connectivity index (χ2n) is 5.71. The molecule has 0 aromatic heterocycles. The number of nitrogens with one attached hydrogen (secondary N) is 1. The first-order valence-corrected chi connectivity index (χ1v) is 7.61. The Morgan fingerprint density at radius 2 is 1.91 bits per heavy atom. The molecule has 0 saturated carbocycles. The van der Waals surface area contributed by atoms with Gasteiger partial charge in [0, 0.05) is 25.1 Å². The molecule has 1 aromatic rings. The topological polar surface area (TPSA) is 91.8 Å². The van der Waals surface area contributed by atoms with Crippen molar-refractivity contribution < 1.29 is 9.63 Å². The van der Waals surface area contributed by atoms with Crippen LogP contribution in [0.3, 0.4) is 0 Å². The van der Waals surface area contributed by atoms with Crippen LogP contribution in [0.4, 0.5) is 0 Å². The molecule has 1 saturated heterocycles. The minimum Gasteiger partial charge on any atom is -0.382 e. The van der Waals surface area contributed by atoms with E-state index in [1.807, 2.05) is 24.3 Å². The van der Waals surface area contributed by atoms with Crippen LogP contribution in [0.2, 0.25) is 0 Å². The van der Waals surface area contributed by atoms with Crippen LogP contribution in [-0.4, -0.2) is 41.5 Å². The third-order valence-electron chi connectivity index (χ3n) is 4.15. The maximum Gasteiger partial charge on any atom is 0.261 e. The van der Waals surface area contributed by atoms with Gasteiger partial charge in [0.15, 0.2) is 0 Å². The van der Waals surface area contributed by atoms with Crippen molar-refractivity contribution in [3.05, 3.63) is 35.4 Å². The van der Waals surface area contributed by atoms with E-state index in [9.17, 15) is 4.79 Å². The van der Waals surface area contributed by atoms with E-state index in [4.69, 9.17) is 16.0 Å². The highest BCUT2D eigenvalue weighted by molar-refractivity contribution is 6.05. The van der Waals surface area contributed by atoms with E-state index in [1.54, 1.807) is 0 Å². The number of amides is 1. The van der Waals surface area contributed by atoms with Crippen molar-refractivity contribution in [1.82, 2.24) is 4.90 Å². The molecule has 1 aromatic carbocycles. The number of oxime groups is 1. The number of benzene rings is 1. The van der Waals surface area contributed by atoms with Crippen molar-refractivity contribution >= 4 is 17.5 Å². The zero-order valence-corrected chi connectivity index (χ0v) is 12.4. The van der Waals surface area contributed by atoms with Gasteiger partial charge < -0.3 is 15.5 Å². The summed E-state index contributed by atoms with van der Waals surface area (Å²) in [6.07, 6.45) is 3.30. The number of piperidine rings is 1. The molecule has 6 heteroatoms. The number of rotatable bonds is 3. The normalized spacial score (nSPS) is 21.2. The number of hydrogen-bond acceptors (Lipinski definition) is 4. The third kappa shape index (κ3) is 2.95. The molecule has 1 unspecified atom stereocenters. The van der Waals surface area contributed by atoms with Gasteiger partial charge in [-0.1, -0.05) is 29.4 Å². The van der Waals surface area contributed by atoms with Gasteiger partial charge in [-0.15, -0.1) is 0 Å². The van der Waals surface area contributed by atoms with Gasteiger partial charge in [-0.2, -0.15) is 0 Å². The average Bonchev–Trinajstić information content (AvgIpc) is 3.05. The Hall–Kier alpha value is -2.37. The Bertz CT molecular complexity index is 603. The molecule has 2 heterocycles. The third-order valence-corrected chi connectivity index (χ3v) is 4.15. The summed E-state index contributed by atoms with van der Waals surface area (Å²) in [7, 11) is 0. The summed E-state index contributed by atoms with van der Waals surface area (Å²) in [4.78, 5) is 18.2. The van der Waals surface area contributed by atoms with E-state index in [-0.39, 0.29) is 0 Å². The standard InChI is InChI=1S/C16H20N4O2/c17-15(20-8-2-1-3-9-20)12-6-4-11(5-7-12)13-10-14(16(18)21)22-19-13/h4-7,14,17H,1-3,8-10H2,(H2,18,21). The van der Waals surface area contributed by atoms with Gasteiger partial charge in [0.05, 0.1) is 5.71 Å². The monoisotopic (exact) mass is 300 g/mol. The lowest BCUT2D eigenvalue weighted by molar-refractivity contribution is -0.127. The largest absolute Gasteiger partial charge is 0.382 e. The Kier molecular flexibility index (Phi) is 4.09. The molecule has 6 nitrogen and oxygen atoms in total. The highest BCUT2D eigenvalue weighted by Crippen LogP contribution is 2.18. The molecule has 1 atom stereocenters. The van der Waals surface area contributed by atoms with Crippen LogP contribution in [0.15, 0.2) is 29.4 Å². The Balaban J connectivity index is 1.68. The van der Waals surface area contributed by atoms with E-state index in [0.29, 0.717) is 12.3 Å². The first-order valence-electron chi connectivity index (χ1n) is 7.61. The highest BCUT2D eigenvalue weighted by atomic mass is 16.6. The molecule has 1 amide bonds. The van der Waals surface area contributed by atoms with Crippen LogP contribution in [0.5, 0.6) is 0 Å². The van der Waals surface area contributed by atoms with Crippen LogP contribution in [0, 0.1) is 5.41 Å². The maximum atomic E-state index is 11.1. The van der Waals surface area contributed by atoms with Crippen molar-refractivity contribution in [3.8, 4) is 0 Å². The lowest BCUT2D eigenvalue weighted by Crippen LogP contribution is -2.35. The molecular weight excluding hydrogens is 280 g/mol. The van der Waals surface area contributed by atoms with Gasteiger partial charge in [-0.05, 0) is 24.8 Å². The second-order valence-corrected chi connectivity index (χ2v) is 5.71. The number of hydrogen-bond donors (Lipinski definition) is 2. The average molecular weight is 300 g/mol. The van der Waals surface area contributed by atoms with Gasteiger partial charge in [-0.3, -0.25) is 10.2 Å². The van der Waals surface area contributed by atoms with E-state index < -0.39 is 12.0 Å². The molecule has 116 valence electrons. The van der Waals surface area contributed by atoms with Gasteiger partial charge >= 0.3 is 0 Å². The Morgan fingerprint density at radius 1 is 1.23 bits per heavy atom. The zero-order chi connectivity index (χ0) is 15.5. The second kappa shape index (κ2) is 6.17. The molecule has 2 aliphatic rings. The van der Waals surface area contributed by atoms with Crippen LogP contribution in [0.25, 0.3) is 0 Å². The number of carbonyl (C=O) groups is 1. The predicted molar refractivity (Wildman–Crippen MR) is 83.9 cm³/mol. The van der Waals surface area contributed by atoms with Crippen molar-refractivity contribution in [3.63, 3.8) is 0 Å². The molecular formula is C16H20N4O2. The Morgan fingerprint density at radius 3 is 2.50 bits per heavy atom. The van der Waals surface area contributed by atoms with Crippen molar-refractivity contribution in [2.75, 3.05) is 13.1 Å². The summed E-state index contributed by atoms with van der Waals surface area (Å²) in [5, 5.41) is 12.2. The van der Waals surface area contributed by atoms with Gasteiger partial charge in [0.1, 0.15) is 5.84 Å². The highest BCUT2D eigenvalue weighted by Gasteiger charge is 2.26. The molecule has 0 radical (unpaired) electrons. The first-order chi connectivity index (χ1) is 10.6. The molecule has 1 fully saturated rings. The molecule has 2 aliphatic heterocycles. The van der Waals surface area contributed by atoms with Crippen LogP contribution < -0.4 is 5.73 Å². The van der Waals surface area contributed by atoms with E-state index in [1.165, 1.54) is 6.42 Å². The minimum absolute atomic E-state index is 0.401. The summed E-state index contributed by atoms with van der Waals surface area (Å²) in [6, 6.07) is 7.68. The fourth-order valence-electron chi connectivity index (χ4n) is 2.82. The number of nitrogens with two attached hydrogens (primary N) is 1. The van der Waals surface area contributed by atoms with Crippen LogP contribution >= 0.6 is 0 Å². The zero-order valence-electron chi connectivity index (χ0n) is 12.4. The van der Waals surface area contributed by atoms with E-state index in [2.05, 4.69) is 10.1 Å². The molecule has 0 bridgehead atoms. The van der Waals surface area contributed by atoms with Gasteiger partial charge in [0.25, 0.3) is 5.91 Å². The van der Waals surface area contributed by atoms with Gasteiger partial charge in [-0.25, -0.2) is 0 Å². The number of likely N-dealkylation sites (tertiary alicyclic amines) is 1. The summed E-state index contributed by atoms with van der Waals surface area (Å²) < 4.78 is 0. The first kappa shape index (κ1) is 14.6. The smallest absolute Gasteiger partial charge is 0.261 e. The summed E-state index contributed by atoms with van der Waals surface area (Å²) in [5.41, 5.74) is 7.74. The van der Waals surface area contributed by atoms with E-state index >= 15 is 0 Å². The fraction of sp³-hybridized carbons (Fsp3) is 0.438. The fourth-order valence-corrected chi connectivity index (χ4v) is 2.82. The summed E-state index contributed by atoms with van der Waals surface area (Å²) in [5.74, 6) is 0.0770. The molecule has 0 aliphatic carbocycles. The quantitative estimate of drug-likeness (QED) is 0.654. The molecule has 22 heavy (non-hydrogen) atoms. The summed E-state index contributed by atoms with van der Waals surface area (Å²) in [6.45, 7) is 1.92. The van der Waals surface area contributed by atoms with Crippen LogP contribution in [-0.2, 0) is 9.63 Å². The number of primary amides is 1. The van der Waals surface area contributed by atoms with Crippen molar-refractivity contribution in [2.24, 2.45) is 10.9 Å². The predicted octanol–water partition coefficient (Wildman–Crippen LogP) is 1.48. The SMILES string of the molecule is N=C(c1ccc(C2=NOC(C(N)=O)C2)cc1)N1CCCCC1. The summed E-state index contributed by atoms with van der Waals surface area (Å²) >= 11 is 0. The lowest BCUT2D eigenvalue weighted by Gasteiger charge is -2.29. The lowest BCUT2D eigenvalue weighted by atomic mass is 10.0. The Labute approximate surface area is 129 Å². The molecule has 3 rings (SSSR count). The van der Waals surface area contributed by atoms with Crippen molar-refractivity contribution in [1.29, 1.82) is 5.41 Å². The minimum atomic E-state index is -0.665. The molecule has 3 N–H and O–H groups in total. The van der Waals surface area contributed by atoms with Crippen LogP contribution in [0.1, 0.15) is 36.8 Å². The number of carbonyl (C=O) groups excluding carboxylic acids is 1. The number of nitrogens with zero attached hydrogens (tertiary/aromatic N) is 2. The number of amidine groups is 1. The van der Waals surface area contributed by atoms with Gasteiger partial charge in [0.2, 0.25) is 6.10 Å². The van der Waals surface area contributed by atoms with E-state index in [0.717, 1.165) is 42.8 Å². The maximum absolute atomic E-state index is 11.1.